The quantitative estimate of drug-likeness (QED) is 0.308. The van der Waals surface area contributed by atoms with Gasteiger partial charge in [-0.3, -0.25) is 0 Å². The highest BCUT2D eigenvalue weighted by Gasteiger charge is 2.14. The van der Waals surface area contributed by atoms with Crippen LogP contribution >= 0.6 is 35.3 Å². The minimum Gasteiger partial charge on any atom is -0.378 e. The molecule has 2 heterocycles. The van der Waals surface area contributed by atoms with Gasteiger partial charge in [0, 0.05) is 24.6 Å². The van der Waals surface area contributed by atoms with Crippen molar-refractivity contribution in [2.45, 2.75) is 31.9 Å². The summed E-state index contributed by atoms with van der Waals surface area (Å²) < 4.78 is 5.62. The van der Waals surface area contributed by atoms with Gasteiger partial charge < -0.3 is 15.4 Å². The number of rotatable bonds is 7. The number of nitrogens with one attached hydrogen (secondary N) is 2. The lowest BCUT2D eigenvalue weighted by Crippen LogP contribution is -2.38. The van der Waals surface area contributed by atoms with Crippen LogP contribution in [0.25, 0.3) is 0 Å². The lowest BCUT2D eigenvalue weighted by atomic mass is 10.2. The summed E-state index contributed by atoms with van der Waals surface area (Å²) in [6.07, 6.45) is 5.67. The van der Waals surface area contributed by atoms with Gasteiger partial charge in [-0.15, -0.1) is 41.9 Å². The Bertz CT molecular complexity index is 417. The summed E-state index contributed by atoms with van der Waals surface area (Å²) in [4.78, 5) is 5.85. The van der Waals surface area contributed by atoms with Gasteiger partial charge >= 0.3 is 0 Å². The molecular formula is C15H24IN3OS. The molecule has 0 spiro atoms. The topological polar surface area (TPSA) is 45.7 Å². The Hall–Kier alpha value is -0.600. The number of aliphatic imine (C=N–C) groups is 1. The third-order valence-corrected chi connectivity index (χ3v) is 4.03. The molecule has 0 aliphatic carbocycles. The third-order valence-electron chi connectivity index (χ3n) is 3.17. The van der Waals surface area contributed by atoms with E-state index in [9.17, 15) is 0 Å². The normalized spacial score (nSPS) is 18.1. The standard InChI is InChI=1S/C15H23N3OS.HI/c1-2-8-16-15(18-12-14-6-4-11-20-14)17-9-7-13-5-3-10-19-13;/h2,4,6,11,13H,1,3,5,7-10,12H2,(H2,16,17,18);1H. The largest absolute Gasteiger partial charge is 0.378 e. The van der Waals surface area contributed by atoms with Gasteiger partial charge in [-0.1, -0.05) is 12.1 Å². The summed E-state index contributed by atoms with van der Waals surface area (Å²) >= 11 is 1.73. The second kappa shape index (κ2) is 11.0. The van der Waals surface area contributed by atoms with E-state index in [1.165, 1.54) is 17.7 Å². The molecule has 1 fully saturated rings. The van der Waals surface area contributed by atoms with E-state index in [0.29, 0.717) is 12.6 Å². The Balaban J connectivity index is 0.00000220. The second-order valence-electron chi connectivity index (χ2n) is 4.76. The van der Waals surface area contributed by atoms with Gasteiger partial charge in [0.15, 0.2) is 5.96 Å². The highest BCUT2D eigenvalue weighted by atomic mass is 127. The lowest BCUT2D eigenvalue weighted by molar-refractivity contribution is 0.105. The van der Waals surface area contributed by atoms with E-state index in [2.05, 4.69) is 39.7 Å². The SMILES string of the molecule is C=CCNC(=NCc1cccs1)NCCC1CCCO1.I. The second-order valence-corrected chi connectivity index (χ2v) is 5.80. The number of guanidine groups is 1. The number of halogens is 1. The van der Waals surface area contributed by atoms with Crippen molar-refractivity contribution in [2.24, 2.45) is 4.99 Å². The molecule has 21 heavy (non-hydrogen) atoms. The molecule has 0 amide bonds. The molecule has 1 atom stereocenters. The number of nitrogens with zero attached hydrogens (tertiary/aromatic N) is 1. The van der Waals surface area contributed by atoms with Gasteiger partial charge in [-0.25, -0.2) is 4.99 Å². The van der Waals surface area contributed by atoms with E-state index >= 15 is 0 Å². The van der Waals surface area contributed by atoms with Gasteiger partial charge in [-0.2, -0.15) is 0 Å². The van der Waals surface area contributed by atoms with E-state index in [0.717, 1.165) is 32.1 Å². The molecule has 1 aromatic heterocycles. The average Bonchev–Trinajstić information content (AvgIpc) is 3.14. The first-order chi connectivity index (χ1) is 9.88. The van der Waals surface area contributed by atoms with Crippen molar-refractivity contribution in [1.29, 1.82) is 0 Å². The van der Waals surface area contributed by atoms with E-state index < -0.39 is 0 Å². The van der Waals surface area contributed by atoms with Crippen LogP contribution < -0.4 is 10.6 Å². The fourth-order valence-electron chi connectivity index (χ4n) is 2.13. The molecule has 1 aliphatic heterocycles. The van der Waals surface area contributed by atoms with Crippen LogP contribution in [0.1, 0.15) is 24.1 Å². The summed E-state index contributed by atoms with van der Waals surface area (Å²) in [7, 11) is 0. The van der Waals surface area contributed by atoms with Gasteiger partial charge in [0.1, 0.15) is 0 Å². The highest BCUT2D eigenvalue weighted by Crippen LogP contribution is 2.14. The van der Waals surface area contributed by atoms with Crippen LogP contribution in [-0.4, -0.2) is 31.8 Å². The summed E-state index contributed by atoms with van der Waals surface area (Å²) in [6.45, 7) is 6.96. The fourth-order valence-corrected chi connectivity index (χ4v) is 2.75. The average molecular weight is 421 g/mol. The molecule has 1 saturated heterocycles. The summed E-state index contributed by atoms with van der Waals surface area (Å²) in [5.41, 5.74) is 0. The predicted molar refractivity (Wildman–Crippen MR) is 101 cm³/mol. The maximum absolute atomic E-state index is 5.62. The molecule has 118 valence electrons. The Morgan fingerprint density at radius 2 is 2.43 bits per heavy atom. The van der Waals surface area contributed by atoms with Crippen LogP contribution in [0.5, 0.6) is 0 Å². The maximum Gasteiger partial charge on any atom is 0.191 e. The number of hydrogen-bond acceptors (Lipinski definition) is 3. The van der Waals surface area contributed by atoms with Crippen molar-refractivity contribution in [1.82, 2.24) is 10.6 Å². The van der Waals surface area contributed by atoms with Gasteiger partial charge in [0.05, 0.1) is 12.6 Å². The zero-order valence-corrected chi connectivity index (χ0v) is 15.4. The Morgan fingerprint density at radius 3 is 3.10 bits per heavy atom. The molecule has 2 rings (SSSR count). The number of thiophene rings is 1. The Labute approximate surface area is 148 Å². The minimum absolute atomic E-state index is 0. The van der Waals surface area contributed by atoms with Gasteiger partial charge in [0.25, 0.3) is 0 Å². The summed E-state index contributed by atoms with van der Waals surface area (Å²) in [5.74, 6) is 0.844. The van der Waals surface area contributed by atoms with Crippen LogP contribution in [0.2, 0.25) is 0 Å². The van der Waals surface area contributed by atoms with Crippen LogP contribution in [-0.2, 0) is 11.3 Å². The van der Waals surface area contributed by atoms with Crippen molar-refractivity contribution in [2.75, 3.05) is 19.7 Å². The first-order valence-corrected chi connectivity index (χ1v) is 8.03. The van der Waals surface area contributed by atoms with Gasteiger partial charge in [-0.05, 0) is 30.7 Å². The zero-order valence-electron chi connectivity index (χ0n) is 12.2. The fraction of sp³-hybridized carbons (Fsp3) is 0.533. The lowest BCUT2D eigenvalue weighted by Gasteiger charge is -2.13. The number of ether oxygens (including phenoxy) is 1. The molecule has 2 N–H and O–H groups in total. The highest BCUT2D eigenvalue weighted by molar-refractivity contribution is 14.0. The molecule has 6 heteroatoms. The molecule has 0 saturated carbocycles. The first-order valence-electron chi connectivity index (χ1n) is 7.15. The monoisotopic (exact) mass is 421 g/mol. The Kier molecular flexibility index (Phi) is 9.69. The third kappa shape index (κ3) is 7.28. The number of hydrogen-bond donors (Lipinski definition) is 2. The zero-order chi connectivity index (χ0) is 14.0. The molecule has 0 bridgehead atoms. The van der Waals surface area contributed by atoms with Crippen LogP contribution in [0, 0.1) is 0 Å². The van der Waals surface area contributed by atoms with Crippen LogP contribution in [0.3, 0.4) is 0 Å². The summed E-state index contributed by atoms with van der Waals surface area (Å²) in [5, 5.41) is 8.68. The van der Waals surface area contributed by atoms with E-state index in [-0.39, 0.29) is 24.0 Å². The van der Waals surface area contributed by atoms with E-state index in [1.807, 2.05) is 6.08 Å². The molecular weight excluding hydrogens is 397 g/mol. The van der Waals surface area contributed by atoms with E-state index in [1.54, 1.807) is 11.3 Å². The predicted octanol–water partition coefficient (Wildman–Crippen LogP) is 3.16. The van der Waals surface area contributed by atoms with Crippen molar-refractivity contribution in [3.63, 3.8) is 0 Å². The van der Waals surface area contributed by atoms with Crippen LogP contribution in [0.15, 0.2) is 35.2 Å². The van der Waals surface area contributed by atoms with E-state index in [4.69, 9.17) is 4.74 Å². The van der Waals surface area contributed by atoms with Crippen LogP contribution in [0.4, 0.5) is 0 Å². The summed E-state index contributed by atoms with van der Waals surface area (Å²) in [6, 6.07) is 4.16. The van der Waals surface area contributed by atoms with Crippen molar-refractivity contribution >= 4 is 41.3 Å². The first kappa shape index (κ1) is 18.4. The minimum atomic E-state index is 0. The maximum atomic E-state index is 5.62. The molecule has 1 aliphatic rings. The molecule has 0 aromatic carbocycles. The molecule has 1 aromatic rings. The Morgan fingerprint density at radius 1 is 1.52 bits per heavy atom. The molecule has 0 radical (unpaired) electrons. The van der Waals surface area contributed by atoms with Crippen molar-refractivity contribution < 1.29 is 4.74 Å². The van der Waals surface area contributed by atoms with Gasteiger partial charge in [0.2, 0.25) is 0 Å². The van der Waals surface area contributed by atoms with Crippen molar-refractivity contribution in [3.05, 3.63) is 35.0 Å². The smallest absolute Gasteiger partial charge is 0.191 e. The molecule has 4 nitrogen and oxygen atoms in total. The molecule has 1 unspecified atom stereocenters. The van der Waals surface area contributed by atoms with Crippen molar-refractivity contribution in [3.8, 4) is 0 Å².